The van der Waals surface area contributed by atoms with Gasteiger partial charge in [0.1, 0.15) is 27.6 Å². The summed E-state index contributed by atoms with van der Waals surface area (Å²) in [5.74, 6) is 2.27. The SMILES string of the molecule is CC.COc1nc(Cl)nc2c1CN=C2.COc1nc(Cl)nc2cnn(C)c12.COc1nc(NCc2ccc(Cl)c(Cl)c2)nc2cnn(C)c12.Cn1ncc2nc(NCc3ccc(Cl)c(Cl)c3)[nH]c(=O)c21.NCc1ccc(Cl)c(Cl)c1. The molecule has 0 fully saturated rings. The molecular formula is C50H50Cl8N18O4. The van der Waals surface area contributed by atoms with E-state index < -0.39 is 0 Å². The van der Waals surface area contributed by atoms with Gasteiger partial charge in [0.05, 0.1) is 87.9 Å². The van der Waals surface area contributed by atoms with Crippen molar-refractivity contribution >= 4 is 144 Å². The predicted molar refractivity (Wildman–Crippen MR) is 318 cm³/mol. The van der Waals surface area contributed by atoms with E-state index in [-0.39, 0.29) is 16.1 Å². The lowest BCUT2D eigenvalue weighted by Gasteiger charge is -2.08. The number of benzene rings is 3. The van der Waals surface area contributed by atoms with Gasteiger partial charge in [0.25, 0.3) is 5.56 Å². The van der Waals surface area contributed by atoms with Crippen LogP contribution in [0.4, 0.5) is 11.9 Å². The average Bonchev–Trinajstić information content (AvgIpc) is 4.29. The Morgan fingerprint density at radius 2 is 1.00 bits per heavy atom. The molecule has 0 amide bonds. The first kappa shape index (κ1) is 62.3. The number of H-pyrrole nitrogens is 1. The highest BCUT2D eigenvalue weighted by atomic mass is 35.5. The number of aliphatic imine (C=N–C) groups is 1. The molecule has 0 saturated carbocycles. The molecule has 0 radical (unpaired) electrons. The van der Waals surface area contributed by atoms with E-state index in [1.54, 1.807) is 98.9 Å². The van der Waals surface area contributed by atoms with Crippen LogP contribution < -0.4 is 36.1 Å². The first-order valence-corrected chi connectivity index (χ1v) is 26.6. The highest BCUT2D eigenvalue weighted by Gasteiger charge is 2.17. The second-order valence-corrected chi connectivity index (χ2v) is 19.1. The van der Waals surface area contributed by atoms with Crippen LogP contribution in [-0.2, 0) is 47.3 Å². The summed E-state index contributed by atoms with van der Waals surface area (Å²) in [5.41, 5.74) is 13.6. The van der Waals surface area contributed by atoms with Crippen LogP contribution in [0.15, 0.2) is 83.0 Å². The van der Waals surface area contributed by atoms with E-state index in [1.807, 2.05) is 39.1 Å². The molecule has 10 aromatic rings. The topological polar surface area (TPSA) is 267 Å². The zero-order valence-corrected chi connectivity index (χ0v) is 49.9. The minimum Gasteiger partial charge on any atom is -0.481 e. The zero-order chi connectivity index (χ0) is 58.2. The van der Waals surface area contributed by atoms with Crippen LogP contribution in [0, 0.1) is 0 Å². The zero-order valence-electron chi connectivity index (χ0n) is 43.8. The Balaban J connectivity index is 0.000000165. The highest BCUT2D eigenvalue weighted by Crippen LogP contribution is 2.28. The third-order valence-corrected chi connectivity index (χ3v) is 13.4. The molecule has 0 spiro atoms. The van der Waals surface area contributed by atoms with Crippen molar-refractivity contribution in [2.75, 3.05) is 32.0 Å². The van der Waals surface area contributed by atoms with E-state index in [9.17, 15) is 4.79 Å². The number of rotatable bonds is 10. The summed E-state index contributed by atoms with van der Waals surface area (Å²) in [7, 11) is 9.96. The van der Waals surface area contributed by atoms with Crippen LogP contribution in [0.1, 0.15) is 41.8 Å². The number of fused-ring (bicyclic) bond motifs is 4. The lowest BCUT2D eigenvalue weighted by atomic mass is 10.2. The molecule has 11 rings (SSSR count). The van der Waals surface area contributed by atoms with Gasteiger partial charge in [-0.25, -0.2) is 19.9 Å². The maximum Gasteiger partial charge on any atom is 0.278 e. The molecule has 1 aliphatic heterocycles. The summed E-state index contributed by atoms with van der Waals surface area (Å²) in [4.78, 5) is 47.6. The molecule has 0 atom stereocenters. The summed E-state index contributed by atoms with van der Waals surface area (Å²) in [5, 5.41) is 21.9. The molecule has 3 aromatic carbocycles. The molecular weight excluding hydrogens is 1200 g/mol. The van der Waals surface area contributed by atoms with Crippen molar-refractivity contribution in [2.24, 2.45) is 31.9 Å². The lowest BCUT2D eigenvalue weighted by Crippen LogP contribution is -2.15. The van der Waals surface area contributed by atoms with E-state index in [0.717, 1.165) is 39.0 Å². The predicted octanol–water partition coefficient (Wildman–Crippen LogP) is 11.4. The number of nitrogens with zero attached hydrogens (tertiary/aromatic N) is 14. The Kier molecular flexibility index (Phi) is 23.0. The minimum atomic E-state index is -0.239. The molecule has 5 N–H and O–H groups in total. The summed E-state index contributed by atoms with van der Waals surface area (Å²) < 4.78 is 20.2. The van der Waals surface area contributed by atoms with Gasteiger partial charge >= 0.3 is 0 Å². The standard InChI is InChI=1S/C14H13Cl2N5O.C13H11Cl2N5O.C7H7Cl2N.C7H7ClN4O.C7H6ClN3O.C2H6/c1-21-12-11(7-18-21)19-14(20-13(12)22-2)17-6-8-3-4-9(15)10(16)5-8;1-20-11-10(6-17-20)18-13(19-12(11)21)16-5-7-2-3-8(14)9(15)4-7;8-6-2-1-5(4-10)3-7(6)9;1-12-5-4(3-9-12)10-7(8)11-6(5)13-2;1-12-6-4-2-9-3-5(4)10-7(8)11-6;1-2/h3-5,7H,6H2,1-2H3,(H,17,19,20);2-4,6H,5H2,1H3,(H2,16,18,19,21);1-3H,4,10H2;3H,1-2H3;3H,2H2,1H3;1-2H3. The third-order valence-electron chi connectivity index (χ3n) is 10.8. The van der Waals surface area contributed by atoms with Crippen molar-refractivity contribution in [3.63, 3.8) is 0 Å². The minimum absolute atomic E-state index is 0.164. The number of methoxy groups -OCH3 is 3. The van der Waals surface area contributed by atoms with Crippen molar-refractivity contribution in [3.8, 4) is 17.6 Å². The number of aromatic nitrogens is 14. The number of aryl methyl sites for hydroxylation is 3. The fourth-order valence-corrected chi connectivity index (χ4v) is 8.33. The van der Waals surface area contributed by atoms with Crippen LogP contribution >= 0.6 is 92.8 Å². The van der Waals surface area contributed by atoms with Crippen molar-refractivity contribution in [1.29, 1.82) is 0 Å². The van der Waals surface area contributed by atoms with Gasteiger partial charge in [0, 0.05) is 47.0 Å². The quantitative estimate of drug-likeness (QED) is 0.0927. The van der Waals surface area contributed by atoms with E-state index in [0.29, 0.717) is 108 Å². The van der Waals surface area contributed by atoms with Gasteiger partial charge in [0.2, 0.25) is 40.1 Å². The Labute approximate surface area is 497 Å². The van der Waals surface area contributed by atoms with Crippen molar-refractivity contribution in [2.45, 2.75) is 40.0 Å². The van der Waals surface area contributed by atoms with E-state index >= 15 is 0 Å². The van der Waals surface area contributed by atoms with E-state index in [1.165, 1.54) is 11.8 Å². The maximum atomic E-state index is 12.0. The summed E-state index contributed by atoms with van der Waals surface area (Å²) in [6.07, 6.45) is 6.51. The van der Waals surface area contributed by atoms with Crippen molar-refractivity contribution in [3.05, 3.63) is 152 Å². The number of nitrogens with one attached hydrogen (secondary N) is 3. The first-order chi connectivity index (χ1) is 38.4. The van der Waals surface area contributed by atoms with Crippen LogP contribution in [0.25, 0.3) is 33.1 Å². The van der Waals surface area contributed by atoms with Crippen LogP contribution in [-0.4, -0.2) is 96.8 Å². The fraction of sp³-hybridized carbons (Fsp3) is 0.240. The summed E-state index contributed by atoms with van der Waals surface area (Å²) in [6, 6.07) is 16.1. The summed E-state index contributed by atoms with van der Waals surface area (Å²) >= 11 is 46.4. The monoisotopic (exact) mass is 1250 g/mol. The van der Waals surface area contributed by atoms with Gasteiger partial charge < -0.3 is 30.6 Å². The second kappa shape index (κ2) is 29.6. The van der Waals surface area contributed by atoms with Gasteiger partial charge in [-0.1, -0.05) is 102 Å². The molecule has 0 bridgehead atoms. The van der Waals surface area contributed by atoms with E-state index in [4.69, 9.17) is 113 Å². The molecule has 8 heterocycles. The molecule has 22 nitrogen and oxygen atoms in total. The molecule has 0 unspecified atom stereocenters. The van der Waals surface area contributed by atoms with Gasteiger partial charge in [0.15, 0.2) is 5.52 Å². The molecule has 30 heteroatoms. The largest absolute Gasteiger partial charge is 0.481 e. The molecule has 1 aliphatic rings. The molecule has 0 aliphatic carbocycles. The molecule has 7 aromatic heterocycles. The number of hydrogen-bond acceptors (Lipinski definition) is 18. The molecule has 420 valence electrons. The second-order valence-electron chi connectivity index (χ2n) is 16.0. The Morgan fingerprint density at radius 1 is 0.550 bits per heavy atom. The van der Waals surface area contributed by atoms with Crippen molar-refractivity contribution in [1.82, 2.24) is 69.2 Å². The van der Waals surface area contributed by atoms with Gasteiger partial charge in [-0.15, -0.1) is 0 Å². The highest BCUT2D eigenvalue weighted by molar-refractivity contribution is 6.43. The van der Waals surface area contributed by atoms with Gasteiger partial charge in [-0.3, -0.25) is 28.8 Å². The smallest absolute Gasteiger partial charge is 0.278 e. The number of aromatic amines is 1. The van der Waals surface area contributed by atoms with E-state index in [2.05, 4.69) is 70.8 Å². The number of halogens is 8. The number of hydrogen-bond donors (Lipinski definition) is 4. The average molecular weight is 1250 g/mol. The normalized spacial score (nSPS) is 10.9. The number of nitrogens with two attached hydrogens (primary N) is 1. The van der Waals surface area contributed by atoms with Crippen molar-refractivity contribution < 1.29 is 14.2 Å². The number of anilines is 2. The first-order valence-electron chi connectivity index (χ1n) is 23.5. The number of ether oxygens (including phenoxy) is 3. The Hall–Kier alpha value is -6.86. The maximum absolute atomic E-state index is 12.0. The van der Waals surface area contributed by atoms with Gasteiger partial charge in [-0.2, -0.15) is 30.2 Å². The third kappa shape index (κ3) is 16.2. The Morgan fingerprint density at radius 3 is 1.52 bits per heavy atom. The summed E-state index contributed by atoms with van der Waals surface area (Å²) in [6.45, 7) is 6.06. The van der Waals surface area contributed by atoms with Crippen LogP contribution in [0.5, 0.6) is 17.6 Å². The molecule has 0 saturated heterocycles. The van der Waals surface area contributed by atoms with Crippen LogP contribution in [0.3, 0.4) is 0 Å². The molecule has 80 heavy (non-hydrogen) atoms. The lowest BCUT2D eigenvalue weighted by molar-refractivity contribution is 0.392. The fourth-order valence-electron chi connectivity index (χ4n) is 7.03. The van der Waals surface area contributed by atoms with Gasteiger partial charge in [-0.05, 0) is 76.3 Å². The van der Waals surface area contributed by atoms with Crippen LogP contribution in [0.2, 0.25) is 40.7 Å². The Bertz CT molecular complexity index is 3840.